The highest BCUT2D eigenvalue weighted by molar-refractivity contribution is 6.31. The van der Waals surface area contributed by atoms with Gasteiger partial charge >= 0.3 is 11.9 Å². The van der Waals surface area contributed by atoms with Crippen LogP contribution in [0.1, 0.15) is 17.5 Å². The van der Waals surface area contributed by atoms with Gasteiger partial charge in [-0.1, -0.05) is 35.9 Å². The third-order valence-electron chi connectivity index (χ3n) is 2.24. The van der Waals surface area contributed by atoms with Gasteiger partial charge in [0.1, 0.15) is 0 Å². The summed E-state index contributed by atoms with van der Waals surface area (Å²) in [7, 11) is 1.33. The van der Waals surface area contributed by atoms with Crippen molar-refractivity contribution < 1.29 is 19.4 Å². The molecule has 0 aliphatic rings. The summed E-state index contributed by atoms with van der Waals surface area (Å²) in [5.74, 6) is -1.24. The Hall–Kier alpha value is -1.81. The first-order valence-electron chi connectivity index (χ1n) is 5.26. The maximum absolute atomic E-state index is 10.9. The molecule has 96 valence electrons. The van der Waals surface area contributed by atoms with Crippen molar-refractivity contribution in [1.29, 1.82) is 0 Å². The number of hydrogen-bond acceptors (Lipinski definition) is 3. The van der Waals surface area contributed by atoms with Crippen LogP contribution in [0, 0.1) is 0 Å². The van der Waals surface area contributed by atoms with Gasteiger partial charge in [0, 0.05) is 5.02 Å². The minimum absolute atomic E-state index is 0.106. The van der Waals surface area contributed by atoms with E-state index in [0.29, 0.717) is 10.6 Å². The lowest BCUT2D eigenvalue weighted by molar-refractivity contribution is -0.139. The lowest BCUT2D eigenvalue weighted by Crippen LogP contribution is -2.00. The van der Waals surface area contributed by atoms with Crippen molar-refractivity contribution >= 4 is 29.6 Å². The number of benzene rings is 1. The van der Waals surface area contributed by atoms with Crippen molar-refractivity contribution in [3.63, 3.8) is 0 Å². The molecule has 0 atom stereocenters. The van der Waals surface area contributed by atoms with Gasteiger partial charge in [-0.15, -0.1) is 0 Å². The number of hydrogen-bond donors (Lipinski definition) is 1. The summed E-state index contributed by atoms with van der Waals surface area (Å²) < 4.78 is 4.49. The molecule has 1 rings (SSSR count). The second-order valence-electron chi connectivity index (χ2n) is 3.60. The Morgan fingerprint density at radius 3 is 2.72 bits per heavy atom. The lowest BCUT2D eigenvalue weighted by Gasteiger charge is -2.02. The lowest BCUT2D eigenvalue weighted by atomic mass is 10.1. The Morgan fingerprint density at radius 1 is 1.44 bits per heavy atom. The minimum Gasteiger partial charge on any atom is -0.481 e. The van der Waals surface area contributed by atoms with Crippen LogP contribution in [0.15, 0.2) is 24.3 Å². The summed E-state index contributed by atoms with van der Waals surface area (Å²) in [6, 6.07) is 5.07. The molecule has 0 aliphatic heterocycles. The first kappa shape index (κ1) is 14.3. The second-order valence-corrected chi connectivity index (χ2v) is 4.01. The predicted octanol–water partition coefficient (Wildman–Crippen LogP) is 2.54. The zero-order valence-electron chi connectivity index (χ0n) is 9.85. The van der Waals surface area contributed by atoms with E-state index < -0.39 is 5.97 Å². The van der Waals surface area contributed by atoms with Crippen LogP contribution in [0.2, 0.25) is 5.02 Å². The van der Waals surface area contributed by atoms with Gasteiger partial charge in [0.15, 0.2) is 0 Å². The van der Waals surface area contributed by atoms with Crippen LogP contribution in [0.3, 0.4) is 0 Å². The van der Waals surface area contributed by atoms with Gasteiger partial charge < -0.3 is 9.84 Å². The molecular formula is C13H13ClO4. The summed E-state index contributed by atoms with van der Waals surface area (Å²) in [6.07, 6.45) is 3.47. The molecule has 0 unspecified atom stereocenters. The maximum Gasteiger partial charge on any atom is 0.309 e. The number of carbonyl (C=O) groups is 2. The van der Waals surface area contributed by atoms with Gasteiger partial charge in [0.2, 0.25) is 0 Å². The predicted molar refractivity (Wildman–Crippen MR) is 68.5 cm³/mol. The van der Waals surface area contributed by atoms with Crippen LogP contribution in [0.25, 0.3) is 6.08 Å². The third kappa shape index (κ3) is 4.59. The highest BCUT2D eigenvalue weighted by Gasteiger charge is 2.05. The number of aliphatic carboxylic acids is 1. The van der Waals surface area contributed by atoms with E-state index >= 15 is 0 Å². The smallest absolute Gasteiger partial charge is 0.309 e. The van der Waals surface area contributed by atoms with Crippen LogP contribution < -0.4 is 0 Å². The topological polar surface area (TPSA) is 63.6 Å². The molecule has 0 aromatic heterocycles. The molecule has 0 saturated carbocycles. The highest BCUT2D eigenvalue weighted by Crippen LogP contribution is 2.19. The Bertz CT molecular complexity index is 480. The van der Waals surface area contributed by atoms with E-state index in [1.807, 2.05) is 0 Å². The van der Waals surface area contributed by atoms with E-state index in [9.17, 15) is 9.59 Å². The molecule has 0 bridgehead atoms. The molecule has 18 heavy (non-hydrogen) atoms. The Balaban J connectivity index is 2.72. The summed E-state index contributed by atoms with van der Waals surface area (Å²) >= 11 is 5.95. The van der Waals surface area contributed by atoms with Gasteiger partial charge in [-0.05, 0) is 17.2 Å². The van der Waals surface area contributed by atoms with Gasteiger partial charge in [0.05, 0.1) is 20.0 Å². The van der Waals surface area contributed by atoms with Crippen molar-refractivity contribution in [3.8, 4) is 0 Å². The number of esters is 1. The van der Waals surface area contributed by atoms with Crippen molar-refractivity contribution in [3.05, 3.63) is 40.4 Å². The molecule has 0 fully saturated rings. The maximum atomic E-state index is 10.9. The molecule has 1 aromatic rings. The van der Waals surface area contributed by atoms with E-state index in [0.717, 1.165) is 5.56 Å². The number of carboxylic acids is 1. The number of rotatable bonds is 5. The first-order chi connectivity index (χ1) is 8.52. The third-order valence-corrected chi connectivity index (χ3v) is 2.59. The van der Waals surface area contributed by atoms with E-state index in [2.05, 4.69) is 4.74 Å². The zero-order valence-corrected chi connectivity index (χ0v) is 10.6. The summed E-state index contributed by atoms with van der Waals surface area (Å²) in [5.41, 5.74) is 1.37. The summed E-state index contributed by atoms with van der Waals surface area (Å²) in [6.45, 7) is 0. The molecule has 1 N–H and O–H groups in total. The fourth-order valence-corrected chi connectivity index (χ4v) is 1.60. The molecule has 0 spiro atoms. The summed E-state index contributed by atoms with van der Waals surface area (Å²) in [5, 5.41) is 9.07. The number of carboxylic acid groups (broad SMARTS) is 1. The van der Waals surface area contributed by atoms with Crippen molar-refractivity contribution in [2.45, 2.75) is 12.8 Å². The standard InChI is InChI=1S/C13H13ClO4/c1-18-13(17)4-2-3-9-5-6-10(8-12(15)16)11(14)7-9/h2-3,5-7H,4,8H2,1H3,(H,15,16). The fraction of sp³-hybridized carbons (Fsp3) is 0.231. The van der Waals surface area contributed by atoms with Crippen LogP contribution in [0.4, 0.5) is 0 Å². The van der Waals surface area contributed by atoms with Crippen LogP contribution in [0.5, 0.6) is 0 Å². The normalized spacial score (nSPS) is 10.6. The average molecular weight is 269 g/mol. The molecule has 5 heteroatoms. The SMILES string of the molecule is COC(=O)CC=Cc1ccc(CC(=O)O)c(Cl)c1. The highest BCUT2D eigenvalue weighted by atomic mass is 35.5. The van der Waals surface area contributed by atoms with Crippen molar-refractivity contribution in [2.75, 3.05) is 7.11 Å². The summed E-state index contributed by atoms with van der Waals surface area (Å²) in [4.78, 5) is 21.4. The van der Waals surface area contributed by atoms with Crippen LogP contribution in [-0.4, -0.2) is 24.2 Å². The monoisotopic (exact) mass is 268 g/mol. The Morgan fingerprint density at radius 2 is 2.17 bits per heavy atom. The number of methoxy groups -OCH3 is 1. The molecular weight excluding hydrogens is 256 g/mol. The van der Waals surface area contributed by atoms with Gasteiger partial charge in [0.25, 0.3) is 0 Å². The number of ether oxygens (including phenoxy) is 1. The van der Waals surface area contributed by atoms with E-state index in [4.69, 9.17) is 16.7 Å². The van der Waals surface area contributed by atoms with Crippen LogP contribution >= 0.6 is 11.6 Å². The van der Waals surface area contributed by atoms with Crippen molar-refractivity contribution in [2.24, 2.45) is 0 Å². The minimum atomic E-state index is -0.925. The molecule has 4 nitrogen and oxygen atoms in total. The van der Waals surface area contributed by atoms with E-state index in [-0.39, 0.29) is 18.8 Å². The largest absolute Gasteiger partial charge is 0.481 e. The van der Waals surface area contributed by atoms with Gasteiger partial charge in [-0.3, -0.25) is 9.59 Å². The fourth-order valence-electron chi connectivity index (χ4n) is 1.35. The van der Waals surface area contributed by atoms with Gasteiger partial charge in [-0.2, -0.15) is 0 Å². The molecule has 0 saturated heterocycles. The number of carbonyl (C=O) groups excluding carboxylic acids is 1. The molecule has 0 heterocycles. The second kappa shape index (κ2) is 6.81. The average Bonchev–Trinajstić information content (AvgIpc) is 2.32. The van der Waals surface area contributed by atoms with Gasteiger partial charge in [-0.25, -0.2) is 0 Å². The first-order valence-corrected chi connectivity index (χ1v) is 5.64. The molecule has 0 aliphatic carbocycles. The van der Waals surface area contributed by atoms with Crippen molar-refractivity contribution in [1.82, 2.24) is 0 Å². The van der Waals surface area contributed by atoms with E-state index in [1.165, 1.54) is 7.11 Å². The van der Waals surface area contributed by atoms with E-state index in [1.54, 1.807) is 30.4 Å². The molecule has 1 aromatic carbocycles. The Kier molecular flexibility index (Phi) is 5.39. The zero-order chi connectivity index (χ0) is 13.5. The Labute approximate surface area is 110 Å². The number of halogens is 1. The van der Waals surface area contributed by atoms with Crippen LogP contribution in [-0.2, 0) is 20.7 Å². The molecule has 0 amide bonds. The molecule has 0 radical (unpaired) electrons. The quantitative estimate of drug-likeness (QED) is 0.834.